The largest absolute Gasteiger partial charge is 0.465 e. The Kier molecular flexibility index (Phi) is 5.93. The molecule has 3 rings (SSSR count). The summed E-state index contributed by atoms with van der Waals surface area (Å²) in [5.74, 6) is 0. The molecule has 5 nitrogen and oxygen atoms in total. The lowest BCUT2D eigenvalue weighted by Crippen LogP contribution is -2.69. The lowest BCUT2D eigenvalue weighted by molar-refractivity contribution is 0.0657. The zero-order valence-corrected chi connectivity index (χ0v) is 17.8. The minimum Gasteiger partial charge on any atom is -0.465 e. The number of nitrogens with two attached hydrogens (primary N) is 1. The molecular formula is C22H30N2O3Si. The average Bonchev–Trinajstić information content (AvgIpc) is 2.66. The van der Waals surface area contributed by atoms with Crippen LogP contribution in [0.3, 0.4) is 0 Å². The van der Waals surface area contributed by atoms with Crippen LogP contribution in [0.4, 0.5) is 4.79 Å². The number of nitrogens with zero attached hydrogens (tertiary/aromatic N) is 1. The minimum absolute atomic E-state index is 0.148. The predicted octanol–water partition coefficient (Wildman–Crippen LogP) is 2.64. The zero-order valence-electron chi connectivity index (χ0n) is 16.8. The van der Waals surface area contributed by atoms with Crippen LogP contribution in [0.5, 0.6) is 0 Å². The second-order valence-corrected chi connectivity index (χ2v) is 12.8. The maximum absolute atomic E-state index is 11.6. The molecule has 1 heterocycles. The second kappa shape index (κ2) is 8.07. The molecular weight excluding hydrogens is 368 g/mol. The van der Waals surface area contributed by atoms with E-state index in [4.69, 9.17) is 10.2 Å². The summed E-state index contributed by atoms with van der Waals surface area (Å²) in [6.07, 6.45) is -0.508. The quantitative estimate of drug-likeness (QED) is 0.777. The molecule has 0 spiro atoms. The first-order chi connectivity index (χ1) is 13.2. The molecule has 1 saturated heterocycles. The fraction of sp³-hybridized carbons (Fsp3) is 0.409. The van der Waals surface area contributed by atoms with Gasteiger partial charge in [0.25, 0.3) is 8.32 Å². The lowest BCUT2D eigenvalue weighted by Gasteiger charge is -2.47. The second-order valence-electron chi connectivity index (χ2n) is 8.59. The fourth-order valence-corrected chi connectivity index (χ4v) is 8.96. The van der Waals surface area contributed by atoms with Crippen molar-refractivity contribution in [2.45, 2.75) is 44.4 Å². The van der Waals surface area contributed by atoms with Crippen molar-refractivity contribution in [3.05, 3.63) is 60.7 Å². The van der Waals surface area contributed by atoms with Crippen molar-refractivity contribution in [2.75, 3.05) is 13.1 Å². The van der Waals surface area contributed by atoms with E-state index in [1.165, 1.54) is 15.3 Å². The Morgan fingerprint density at radius 1 is 1.04 bits per heavy atom. The number of likely N-dealkylation sites (tertiary alicyclic amines) is 1. The maximum Gasteiger partial charge on any atom is 0.407 e. The topological polar surface area (TPSA) is 75.8 Å². The molecule has 150 valence electrons. The van der Waals surface area contributed by atoms with Crippen LogP contribution in [-0.4, -0.2) is 49.7 Å². The van der Waals surface area contributed by atoms with Crippen molar-refractivity contribution in [1.29, 1.82) is 0 Å². The summed E-state index contributed by atoms with van der Waals surface area (Å²) in [5, 5.41) is 11.7. The van der Waals surface area contributed by atoms with Crippen molar-refractivity contribution < 1.29 is 14.3 Å². The molecule has 6 heteroatoms. The van der Waals surface area contributed by atoms with Crippen molar-refractivity contribution in [3.8, 4) is 0 Å². The third kappa shape index (κ3) is 3.99. The van der Waals surface area contributed by atoms with E-state index in [2.05, 4.69) is 45.0 Å². The molecule has 0 aromatic heterocycles. The molecule has 0 saturated carbocycles. The SMILES string of the molecule is CC(C)(C)[Si](O[C@H]1C[C@@H](N)CN(C(=O)O)C1)(c1ccccc1)c1ccccc1. The van der Waals surface area contributed by atoms with Crippen LogP contribution in [0.1, 0.15) is 27.2 Å². The highest BCUT2D eigenvalue weighted by molar-refractivity contribution is 6.99. The van der Waals surface area contributed by atoms with Gasteiger partial charge in [0.15, 0.2) is 0 Å². The third-order valence-electron chi connectivity index (χ3n) is 5.48. The molecule has 1 aliphatic heterocycles. The van der Waals surface area contributed by atoms with E-state index in [0.29, 0.717) is 19.5 Å². The number of rotatable bonds is 4. The molecule has 1 aliphatic rings. The van der Waals surface area contributed by atoms with E-state index in [9.17, 15) is 9.90 Å². The summed E-state index contributed by atoms with van der Waals surface area (Å²) in [5.41, 5.74) is 6.19. The number of hydrogen-bond acceptors (Lipinski definition) is 3. The number of amides is 1. The molecule has 1 fully saturated rings. The molecule has 3 N–H and O–H groups in total. The smallest absolute Gasteiger partial charge is 0.407 e. The Labute approximate surface area is 168 Å². The number of piperidine rings is 1. The number of carbonyl (C=O) groups is 1. The van der Waals surface area contributed by atoms with E-state index < -0.39 is 14.4 Å². The van der Waals surface area contributed by atoms with Gasteiger partial charge in [0.05, 0.1) is 6.10 Å². The third-order valence-corrected chi connectivity index (χ3v) is 10.6. The molecule has 1 amide bonds. The van der Waals surface area contributed by atoms with Gasteiger partial charge in [-0.3, -0.25) is 0 Å². The summed E-state index contributed by atoms with van der Waals surface area (Å²) in [6, 6.07) is 20.6. The van der Waals surface area contributed by atoms with Crippen LogP contribution in [0.25, 0.3) is 0 Å². The summed E-state index contributed by atoms with van der Waals surface area (Å²) in [6.45, 7) is 7.37. The van der Waals surface area contributed by atoms with Gasteiger partial charge in [-0.05, 0) is 21.8 Å². The standard InChI is InChI=1S/C22H30N2O3Si/c1-22(2,3)28(19-10-6-4-7-11-19,20-12-8-5-9-13-20)27-18-14-17(23)15-24(16-18)21(25)26/h4-13,17-18H,14-16,23H2,1-3H3,(H,25,26)/t17-,18+/m1/s1. The van der Waals surface area contributed by atoms with Crippen LogP contribution in [-0.2, 0) is 4.43 Å². The summed E-state index contributed by atoms with van der Waals surface area (Å²) < 4.78 is 7.02. The highest BCUT2D eigenvalue weighted by Crippen LogP contribution is 2.38. The first-order valence-electron chi connectivity index (χ1n) is 9.76. The normalized spacial score (nSPS) is 20.8. The van der Waals surface area contributed by atoms with Gasteiger partial charge in [0.1, 0.15) is 0 Å². The highest BCUT2D eigenvalue weighted by atomic mass is 28.4. The lowest BCUT2D eigenvalue weighted by atomic mass is 10.0. The number of benzene rings is 2. The monoisotopic (exact) mass is 398 g/mol. The van der Waals surface area contributed by atoms with Crippen LogP contribution < -0.4 is 16.1 Å². The molecule has 2 atom stereocenters. The zero-order chi connectivity index (χ0) is 20.4. The Bertz CT molecular complexity index is 753. The highest BCUT2D eigenvalue weighted by Gasteiger charge is 2.52. The Morgan fingerprint density at radius 3 is 1.96 bits per heavy atom. The van der Waals surface area contributed by atoms with E-state index >= 15 is 0 Å². The van der Waals surface area contributed by atoms with Crippen molar-refractivity contribution in [2.24, 2.45) is 5.73 Å². The van der Waals surface area contributed by atoms with Crippen LogP contribution in [0.2, 0.25) is 5.04 Å². The van der Waals surface area contributed by atoms with Crippen LogP contribution in [0, 0.1) is 0 Å². The molecule has 28 heavy (non-hydrogen) atoms. The van der Waals surface area contributed by atoms with Gasteiger partial charge in [-0.2, -0.15) is 0 Å². The van der Waals surface area contributed by atoms with Gasteiger partial charge in [-0.25, -0.2) is 4.79 Å². The van der Waals surface area contributed by atoms with Gasteiger partial charge in [-0.15, -0.1) is 0 Å². The maximum atomic E-state index is 11.6. The fourth-order valence-electron chi connectivity index (χ4n) is 4.27. The summed E-state index contributed by atoms with van der Waals surface area (Å²) in [7, 11) is -2.71. The van der Waals surface area contributed by atoms with Gasteiger partial charge in [0.2, 0.25) is 0 Å². The van der Waals surface area contributed by atoms with E-state index in [0.717, 1.165) is 0 Å². The molecule has 0 bridgehead atoms. The van der Waals surface area contributed by atoms with E-state index in [-0.39, 0.29) is 17.2 Å². The first kappa shape index (κ1) is 20.6. The average molecular weight is 399 g/mol. The Balaban J connectivity index is 2.10. The Morgan fingerprint density at radius 2 is 1.54 bits per heavy atom. The van der Waals surface area contributed by atoms with Crippen molar-refractivity contribution in [3.63, 3.8) is 0 Å². The molecule has 2 aromatic rings. The van der Waals surface area contributed by atoms with Crippen LogP contribution in [0.15, 0.2) is 60.7 Å². The van der Waals surface area contributed by atoms with E-state index in [1.54, 1.807) is 0 Å². The van der Waals surface area contributed by atoms with Gasteiger partial charge in [-0.1, -0.05) is 81.4 Å². The van der Waals surface area contributed by atoms with Crippen molar-refractivity contribution >= 4 is 24.8 Å². The van der Waals surface area contributed by atoms with Gasteiger partial charge < -0.3 is 20.2 Å². The van der Waals surface area contributed by atoms with Gasteiger partial charge >= 0.3 is 6.09 Å². The molecule has 2 aromatic carbocycles. The predicted molar refractivity (Wildman–Crippen MR) is 115 cm³/mol. The van der Waals surface area contributed by atoms with Crippen molar-refractivity contribution in [1.82, 2.24) is 4.90 Å². The molecule has 0 unspecified atom stereocenters. The van der Waals surface area contributed by atoms with Gasteiger partial charge in [0, 0.05) is 19.1 Å². The summed E-state index contributed by atoms with van der Waals surface area (Å²) in [4.78, 5) is 13.0. The summed E-state index contributed by atoms with van der Waals surface area (Å²) >= 11 is 0. The molecule has 0 aliphatic carbocycles. The number of hydrogen-bond donors (Lipinski definition) is 2. The molecule has 0 radical (unpaired) electrons. The first-order valence-corrected chi connectivity index (χ1v) is 11.7. The Hall–Kier alpha value is -2.15. The number of carboxylic acid groups (broad SMARTS) is 1. The van der Waals surface area contributed by atoms with Crippen LogP contribution >= 0.6 is 0 Å². The minimum atomic E-state index is -2.71. The van der Waals surface area contributed by atoms with E-state index in [1.807, 2.05) is 36.4 Å².